The Hall–Kier alpha value is 0.270. The van der Waals surface area contributed by atoms with Crippen LogP contribution in [0.2, 0.25) is 0 Å². The van der Waals surface area contributed by atoms with Crippen molar-refractivity contribution < 1.29 is 0 Å². The largest absolute Gasteiger partial charge is 0.310 e. The van der Waals surface area contributed by atoms with Crippen LogP contribution >= 0.6 is 11.8 Å². The van der Waals surface area contributed by atoms with Gasteiger partial charge in [0.05, 0.1) is 0 Å². The molecule has 1 aliphatic heterocycles. The Bertz CT molecular complexity index is 202. The summed E-state index contributed by atoms with van der Waals surface area (Å²) in [5.41, 5.74) is 0. The lowest BCUT2D eigenvalue weighted by molar-refractivity contribution is 0.215. The van der Waals surface area contributed by atoms with E-state index in [-0.39, 0.29) is 0 Å². The van der Waals surface area contributed by atoms with Crippen LogP contribution in [0.15, 0.2) is 0 Å². The van der Waals surface area contributed by atoms with E-state index in [1.54, 1.807) is 0 Å². The van der Waals surface area contributed by atoms with Gasteiger partial charge in [-0.15, -0.1) is 0 Å². The first kappa shape index (κ1) is 12.7. The predicted molar refractivity (Wildman–Crippen MR) is 73.2 cm³/mol. The van der Waals surface area contributed by atoms with E-state index >= 15 is 0 Å². The highest BCUT2D eigenvalue weighted by molar-refractivity contribution is 7.99. The van der Waals surface area contributed by atoms with Crippen molar-refractivity contribution >= 4 is 11.8 Å². The maximum Gasteiger partial charge on any atom is 0.0198 e. The molecule has 2 atom stereocenters. The number of nitrogens with one attached hydrogen (secondary N) is 1. The second kappa shape index (κ2) is 6.27. The molecule has 1 heterocycles. The molecule has 0 aromatic rings. The van der Waals surface area contributed by atoms with E-state index in [2.05, 4.69) is 35.3 Å². The van der Waals surface area contributed by atoms with Gasteiger partial charge in [0.25, 0.3) is 0 Å². The van der Waals surface area contributed by atoms with Crippen LogP contribution in [0.25, 0.3) is 0 Å². The molecule has 0 spiro atoms. The van der Waals surface area contributed by atoms with E-state index in [9.17, 15) is 0 Å². The fourth-order valence-corrected chi connectivity index (χ4v) is 3.99. The molecule has 2 rings (SSSR count). The first-order valence-electron chi connectivity index (χ1n) is 6.77. The van der Waals surface area contributed by atoms with Gasteiger partial charge >= 0.3 is 0 Å². The number of thioether (sulfide) groups is 1. The zero-order valence-electron chi connectivity index (χ0n) is 10.7. The first-order chi connectivity index (χ1) is 7.79. The Morgan fingerprint density at radius 1 is 1.06 bits per heavy atom. The highest BCUT2D eigenvalue weighted by Gasteiger charge is 2.27. The van der Waals surface area contributed by atoms with E-state index < -0.39 is 0 Å². The highest BCUT2D eigenvalue weighted by Crippen LogP contribution is 2.28. The zero-order valence-corrected chi connectivity index (χ0v) is 11.6. The number of nitrogens with zero attached hydrogens (tertiary/aromatic N) is 1. The van der Waals surface area contributed by atoms with E-state index in [4.69, 9.17) is 0 Å². The van der Waals surface area contributed by atoms with Gasteiger partial charge in [-0.25, -0.2) is 0 Å². The van der Waals surface area contributed by atoms with Crippen molar-refractivity contribution in [3.63, 3.8) is 0 Å². The van der Waals surface area contributed by atoms with E-state index in [1.165, 1.54) is 51.6 Å². The van der Waals surface area contributed by atoms with Crippen LogP contribution in [-0.2, 0) is 0 Å². The Kier molecular flexibility index (Phi) is 4.98. The van der Waals surface area contributed by atoms with Crippen LogP contribution in [0.5, 0.6) is 0 Å². The molecule has 2 fully saturated rings. The van der Waals surface area contributed by atoms with Crippen molar-refractivity contribution in [3.8, 4) is 0 Å². The summed E-state index contributed by atoms with van der Waals surface area (Å²) in [4.78, 5) is 2.45. The van der Waals surface area contributed by atoms with Gasteiger partial charge < -0.3 is 10.2 Å². The van der Waals surface area contributed by atoms with Crippen molar-refractivity contribution in [3.05, 3.63) is 0 Å². The van der Waals surface area contributed by atoms with Crippen molar-refractivity contribution in [1.29, 1.82) is 0 Å². The number of hydrogen-bond donors (Lipinski definition) is 1. The Morgan fingerprint density at radius 2 is 1.75 bits per heavy atom. The number of rotatable bonds is 3. The Balaban J connectivity index is 1.78. The van der Waals surface area contributed by atoms with Gasteiger partial charge in [0, 0.05) is 17.3 Å². The summed E-state index contributed by atoms with van der Waals surface area (Å²) in [6.07, 6.45) is 10.7. The first-order valence-corrected chi connectivity index (χ1v) is 8.06. The quantitative estimate of drug-likeness (QED) is 0.818. The molecule has 0 aromatic carbocycles. The summed E-state index contributed by atoms with van der Waals surface area (Å²) < 4.78 is 0. The summed E-state index contributed by atoms with van der Waals surface area (Å²) in [5.74, 6) is 0. The molecular weight excluding hydrogens is 216 g/mol. The lowest BCUT2D eigenvalue weighted by Crippen LogP contribution is -2.49. The van der Waals surface area contributed by atoms with Crippen molar-refractivity contribution in [2.75, 3.05) is 26.4 Å². The second-order valence-electron chi connectivity index (χ2n) is 5.41. The topological polar surface area (TPSA) is 15.3 Å². The number of likely N-dealkylation sites (tertiary alicyclic amines) is 1. The molecule has 1 saturated carbocycles. The van der Waals surface area contributed by atoms with Crippen LogP contribution in [0, 0.1) is 0 Å². The molecule has 2 aliphatic rings. The fourth-order valence-electron chi connectivity index (χ4n) is 3.05. The normalized spacial score (nSPS) is 34.1. The summed E-state index contributed by atoms with van der Waals surface area (Å²) in [6, 6.07) is 1.58. The average molecular weight is 242 g/mol. The minimum Gasteiger partial charge on any atom is -0.310 e. The predicted octanol–water partition coefficient (Wildman–Crippen LogP) is 2.34. The van der Waals surface area contributed by atoms with Gasteiger partial charge in [-0.1, -0.05) is 12.8 Å². The molecule has 0 amide bonds. The van der Waals surface area contributed by atoms with E-state index in [1.807, 2.05) is 0 Å². The second-order valence-corrected chi connectivity index (χ2v) is 6.49. The van der Waals surface area contributed by atoms with Crippen LogP contribution < -0.4 is 5.32 Å². The maximum atomic E-state index is 3.93. The number of hydrogen-bond acceptors (Lipinski definition) is 3. The van der Waals surface area contributed by atoms with Crippen LogP contribution in [0.1, 0.15) is 38.5 Å². The van der Waals surface area contributed by atoms with E-state index in [0.717, 1.165) is 17.3 Å². The van der Waals surface area contributed by atoms with Gasteiger partial charge in [0.15, 0.2) is 0 Å². The lowest BCUT2D eigenvalue weighted by atomic mass is 9.93. The van der Waals surface area contributed by atoms with Crippen molar-refractivity contribution in [2.24, 2.45) is 0 Å². The molecule has 0 aromatic heterocycles. The van der Waals surface area contributed by atoms with Gasteiger partial charge in [0.1, 0.15) is 0 Å². The molecule has 2 unspecified atom stereocenters. The minimum atomic E-state index is 0.786. The molecule has 0 radical (unpaired) electrons. The van der Waals surface area contributed by atoms with Crippen LogP contribution in [0.3, 0.4) is 0 Å². The van der Waals surface area contributed by atoms with Crippen LogP contribution in [0.4, 0.5) is 0 Å². The number of piperidine rings is 1. The summed E-state index contributed by atoms with van der Waals surface area (Å²) in [7, 11) is 2.24. The molecule has 94 valence electrons. The average Bonchev–Trinajstić information content (AvgIpc) is 2.33. The van der Waals surface area contributed by atoms with Gasteiger partial charge in [-0.2, -0.15) is 11.8 Å². The SMILES string of the molecule is CSC1CCCCC1NC1CCN(C)CC1. The van der Waals surface area contributed by atoms with Crippen molar-refractivity contribution in [1.82, 2.24) is 10.2 Å². The summed E-state index contributed by atoms with van der Waals surface area (Å²) >= 11 is 2.07. The Labute approximate surface area is 105 Å². The maximum absolute atomic E-state index is 3.93. The van der Waals surface area contributed by atoms with Gasteiger partial charge in [-0.05, 0) is 52.1 Å². The molecule has 16 heavy (non-hydrogen) atoms. The molecule has 1 aliphatic carbocycles. The third kappa shape index (κ3) is 3.38. The molecule has 3 heteroatoms. The Morgan fingerprint density at radius 3 is 2.44 bits per heavy atom. The molecule has 1 N–H and O–H groups in total. The standard InChI is InChI=1S/C13H26N2S/c1-15-9-7-11(8-10-15)14-12-5-3-4-6-13(12)16-2/h11-14H,3-10H2,1-2H3. The van der Waals surface area contributed by atoms with Crippen molar-refractivity contribution in [2.45, 2.75) is 55.9 Å². The van der Waals surface area contributed by atoms with Gasteiger partial charge in [-0.3, -0.25) is 0 Å². The summed E-state index contributed by atoms with van der Waals surface area (Å²) in [5, 5.41) is 4.80. The highest BCUT2D eigenvalue weighted by atomic mass is 32.2. The minimum absolute atomic E-state index is 0.786. The summed E-state index contributed by atoms with van der Waals surface area (Å²) in [6.45, 7) is 2.54. The molecule has 2 nitrogen and oxygen atoms in total. The van der Waals surface area contributed by atoms with Crippen LogP contribution in [-0.4, -0.2) is 48.6 Å². The molecule has 1 saturated heterocycles. The van der Waals surface area contributed by atoms with Gasteiger partial charge in [0.2, 0.25) is 0 Å². The zero-order chi connectivity index (χ0) is 11.4. The smallest absolute Gasteiger partial charge is 0.0198 e. The fraction of sp³-hybridized carbons (Fsp3) is 1.00. The third-order valence-electron chi connectivity index (χ3n) is 4.17. The third-order valence-corrected chi connectivity index (χ3v) is 5.34. The monoisotopic (exact) mass is 242 g/mol. The molecular formula is C13H26N2S. The molecule has 0 bridgehead atoms. The van der Waals surface area contributed by atoms with E-state index in [0.29, 0.717) is 0 Å². The lowest BCUT2D eigenvalue weighted by Gasteiger charge is -2.37.